The summed E-state index contributed by atoms with van der Waals surface area (Å²) in [5.41, 5.74) is 6.41. The molecule has 0 atom stereocenters. The van der Waals surface area contributed by atoms with Crippen molar-refractivity contribution in [2.75, 3.05) is 0 Å². The van der Waals surface area contributed by atoms with Gasteiger partial charge in [-0.15, -0.1) is 24.8 Å². The molecule has 0 radical (unpaired) electrons. The number of sulfone groups is 1. The van der Waals surface area contributed by atoms with E-state index in [1.165, 1.54) is 12.1 Å². The fraction of sp³-hybridized carbons (Fsp3) is 0.0588. The van der Waals surface area contributed by atoms with Gasteiger partial charge in [0.1, 0.15) is 0 Å². The molecule has 2 aromatic carbocycles. The number of benzene rings is 2. The number of halogens is 2. The number of nitrogens with zero attached hydrogens (tertiary/aromatic N) is 1. The Bertz CT molecular complexity index is 1040. The van der Waals surface area contributed by atoms with Crippen molar-refractivity contribution in [3.63, 3.8) is 0 Å². The molecule has 0 aliphatic rings. The molecule has 0 unspecified atom stereocenters. The van der Waals surface area contributed by atoms with Gasteiger partial charge in [0, 0.05) is 0 Å². The molecule has 0 bridgehead atoms. The lowest BCUT2D eigenvalue weighted by molar-refractivity contribution is 0.0696. The standard InChI is InChI=1S/C17H14N2O5S.2ClH/c18-9-15-19-10-16(24-15)25(22,23)14-7-12(6-13(8-14)17(20)21)11-4-2-1-3-5-11;;/h1-8,10H,9,18H2,(H,20,21);2*1H. The molecule has 0 fully saturated rings. The number of hydrogen-bond acceptors (Lipinski definition) is 6. The van der Waals surface area contributed by atoms with Gasteiger partial charge in [-0.25, -0.2) is 18.2 Å². The van der Waals surface area contributed by atoms with Crippen LogP contribution in [0.1, 0.15) is 16.2 Å². The second kappa shape index (κ2) is 9.01. The van der Waals surface area contributed by atoms with Crippen LogP contribution in [0.25, 0.3) is 11.1 Å². The van der Waals surface area contributed by atoms with Crippen LogP contribution in [0.5, 0.6) is 0 Å². The Morgan fingerprint density at radius 1 is 1.07 bits per heavy atom. The topological polar surface area (TPSA) is 123 Å². The lowest BCUT2D eigenvalue weighted by atomic mass is 10.0. The van der Waals surface area contributed by atoms with E-state index in [9.17, 15) is 18.3 Å². The van der Waals surface area contributed by atoms with E-state index < -0.39 is 15.8 Å². The quantitative estimate of drug-likeness (QED) is 0.636. The first-order valence-corrected chi connectivity index (χ1v) is 8.74. The van der Waals surface area contributed by atoms with E-state index in [-0.39, 0.29) is 52.8 Å². The molecule has 144 valence electrons. The zero-order valence-corrected chi connectivity index (χ0v) is 16.2. The molecule has 1 heterocycles. The molecular formula is C17H16Cl2N2O5S. The molecule has 0 aliphatic carbocycles. The van der Waals surface area contributed by atoms with E-state index in [2.05, 4.69) is 4.98 Å². The number of aromatic nitrogens is 1. The smallest absolute Gasteiger partial charge is 0.335 e. The first kappa shape index (κ1) is 22.7. The van der Waals surface area contributed by atoms with E-state index >= 15 is 0 Å². The van der Waals surface area contributed by atoms with Crippen LogP contribution in [0.2, 0.25) is 0 Å². The van der Waals surface area contributed by atoms with Crippen LogP contribution in [0.15, 0.2) is 69.1 Å². The van der Waals surface area contributed by atoms with Gasteiger partial charge in [0.15, 0.2) is 0 Å². The Labute approximate surface area is 168 Å². The maximum Gasteiger partial charge on any atom is 0.335 e. The predicted molar refractivity (Wildman–Crippen MR) is 103 cm³/mol. The molecule has 0 amide bonds. The summed E-state index contributed by atoms with van der Waals surface area (Å²) in [6, 6.07) is 12.8. The number of carbonyl (C=O) groups is 1. The van der Waals surface area contributed by atoms with Crippen LogP contribution in [0, 0.1) is 0 Å². The van der Waals surface area contributed by atoms with E-state index in [0.717, 1.165) is 12.3 Å². The number of carboxylic acids is 1. The Balaban J connectivity index is 0.00000182. The van der Waals surface area contributed by atoms with Gasteiger partial charge in [0.05, 0.1) is 23.2 Å². The van der Waals surface area contributed by atoms with Crippen LogP contribution >= 0.6 is 24.8 Å². The number of nitrogens with two attached hydrogens (primary N) is 1. The fourth-order valence-electron chi connectivity index (χ4n) is 2.30. The molecule has 0 saturated heterocycles. The molecule has 3 N–H and O–H groups in total. The summed E-state index contributed by atoms with van der Waals surface area (Å²) < 4.78 is 30.6. The van der Waals surface area contributed by atoms with Crippen molar-refractivity contribution >= 4 is 40.6 Å². The lowest BCUT2D eigenvalue weighted by Crippen LogP contribution is -2.05. The second-order valence-corrected chi connectivity index (χ2v) is 7.08. The van der Waals surface area contributed by atoms with Gasteiger partial charge in [-0.2, -0.15) is 0 Å². The average molecular weight is 431 g/mol. The van der Waals surface area contributed by atoms with Crippen LogP contribution < -0.4 is 5.73 Å². The summed E-state index contributed by atoms with van der Waals surface area (Å²) in [6.45, 7) is -0.0417. The number of rotatable bonds is 5. The molecule has 3 rings (SSSR count). The van der Waals surface area contributed by atoms with Gasteiger partial charge in [-0.05, 0) is 29.3 Å². The number of carboxylic acid groups (broad SMARTS) is 1. The summed E-state index contributed by atoms with van der Waals surface area (Å²) >= 11 is 0. The highest BCUT2D eigenvalue weighted by atomic mass is 35.5. The van der Waals surface area contributed by atoms with Crippen LogP contribution in [-0.2, 0) is 16.4 Å². The van der Waals surface area contributed by atoms with Gasteiger partial charge in [-0.1, -0.05) is 30.3 Å². The minimum Gasteiger partial charge on any atom is -0.478 e. The summed E-state index contributed by atoms with van der Waals surface area (Å²) in [4.78, 5) is 15.0. The molecule has 7 nitrogen and oxygen atoms in total. The Kier molecular flexibility index (Phi) is 7.55. The Morgan fingerprint density at radius 3 is 2.30 bits per heavy atom. The van der Waals surface area contributed by atoms with Crippen molar-refractivity contribution in [3.8, 4) is 11.1 Å². The summed E-state index contributed by atoms with van der Waals surface area (Å²) in [7, 11) is -4.06. The van der Waals surface area contributed by atoms with E-state index in [0.29, 0.717) is 11.1 Å². The minimum absolute atomic E-state index is 0. The molecule has 0 aliphatic heterocycles. The van der Waals surface area contributed by atoms with Gasteiger partial charge < -0.3 is 15.3 Å². The Hall–Kier alpha value is -2.39. The minimum atomic E-state index is -4.06. The number of oxazole rings is 1. The zero-order valence-electron chi connectivity index (χ0n) is 13.7. The maximum absolute atomic E-state index is 12.8. The van der Waals surface area contributed by atoms with Crippen molar-refractivity contribution < 1.29 is 22.7 Å². The summed E-state index contributed by atoms with van der Waals surface area (Å²) in [5, 5.41) is 8.93. The van der Waals surface area contributed by atoms with E-state index in [1.807, 2.05) is 6.07 Å². The van der Waals surface area contributed by atoms with Crippen molar-refractivity contribution in [3.05, 3.63) is 66.2 Å². The van der Waals surface area contributed by atoms with Crippen molar-refractivity contribution in [2.24, 2.45) is 5.73 Å². The van der Waals surface area contributed by atoms with Crippen LogP contribution in [-0.4, -0.2) is 24.5 Å². The first-order chi connectivity index (χ1) is 11.9. The van der Waals surface area contributed by atoms with Gasteiger partial charge >= 0.3 is 5.97 Å². The third kappa shape index (κ3) is 4.67. The second-order valence-electron chi connectivity index (χ2n) is 5.20. The van der Waals surface area contributed by atoms with Gasteiger partial charge in [0.25, 0.3) is 0 Å². The monoisotopic (exact) mass is 430 g/mol. The molecule has 3 aromatic rings. The molecule has 10 heteroatoms. The summed E-state index contributed by atoms with van der Waals surface area (Å²) in [5.74, 6) is -1.15. The van der Waals surface area contributed by atoms with Gasteiger partial charge in [0.2, 0.25) is 20.8 Å². The fourth-order valence-corrected chi connectivity index (χ4v) is 3.50. The molecule has 1 aromatic heterocycles. The zero-order chi connectivity index (χ0) is 18.0. The SMILES string of the molecule is Cl.Cl.NCc1ncc(S(=O)(=O)c2cc(C(=O)O)cc(-c3ccccc3)c2)o1. The highest BCUT2D eigenvalue weighted by molar-refractivity contribution is 7.91. The number of aromatic carboxylic acids is 1. The predicted octanol–water partition coefficient (Wildman–Crippen LogP) is 3.17. The largest absolute Gasteiger partial charge is 0.478 e. The molecule has 0 saturated carbocycles. The highest BCUT2D eigenvalue weighted by Gasteiger charge is 2.25. The lowest BCUT2D eigenvalue weighted by Gasteiger charge is -2.08. The average Bonchev–Trinajstić information content (AvgIpc) is 3.12. The summed E-state index contributed by atoms with van der Waals surface area (Å²) in [6.07, 6.45) is 1.06. The molecule has 27 heavy (non-hydrogen) atoms. The van der Waals surface area contributed by atoms with E-state index in [4.69, 9.17) is 10.2 Å². The first-order valence-electron chi connectivity index (χ1n) is 7.25. The third-order valence-electron chi connectivity index (χ3n) is 3.54. The Morgan fingerprint density at radius 2 is 1.74 bits per heavy atom. The third-order valence-corrected chi connectivity index (χ3v) is 5.12. The molecular weight excluding hydrogens is 415 g/mol. The van der Waals surface area contributed by atoms with Crippen molar-refractivity contribution in [2.45, 2.75) is 16.5 Å². The van der Waals surface area contributed by atoms with Crippen LogP contribution in [0.4, 0.5) is 0 Å². The van der Waals surface area contributed by atoms with Crippen molar-refractivity contribution in [1.82, 2.24) is 4.98 Å². The van der Waals surface area contributed by atoms with E-state index in [1.54, 1.807) is 24.3 Å². The number of hydrogen-bond donors (Lipinski definition) is 2. The van der Waals surface area contributed by atoms with Crippen LogP contribution in [0.3, 0.4) is 0 Å². The molecule has 0 spiro atoms. The maximum atomic E-state index is 12.8. The van der Waals surface area contributed by atoms with Crippen molar-refractivity contribution in [1.29, 1.82) is 0 Å². The normalized spacial score (nSPS) is 10.6. The van der Waals surface area contributed by atoms with Gasteiger partial charge in [-0.3, -0.25) is 0 Å². The highest BCUT2D eigenvalue weighted by Crippen LogP contribution is 2.28.